The second-order valence-corrected chi connectivity index (χ2v) is 5.80. The molecule has 0 spiro atoms. The molecule has 0 bridgehead atoms. The van der Waals surface area contributed by atoms with Gasteiger partial charge in [-0.15, -0.1) is 0 Å². The third-order valence-corrected chi connectivity index (χ3v) is 4.41. The number of carbonyl (C=O) groups is 2. The van der Waals surface area contributed by atoms with E-state index in [1.165, 1.54) is 25.3 Å². The highest BCUT2D eigenvalue weighted by molar-refractivity contribution is 5.95. The van der Waals surface area contributed by atoms with E-state index in [4.69, 9.17) is 9.52 Å². The van der Waals surface area contributed by atoms with Crippen LogP contribution in [0.1, 0.15) is 46.6 Å². The summed E-state index contributed by atoms with van der Waals surface area (Å²) in [6, 6.07) is 1.74. The first kappa shape index (κ1) is 14.1. The molecule has 0 aliphatic carbocycles. The Kier molecular flexibility index (Phi) is 3.96. The van der Waals surface area contributed by atoms with E-state index in [0.717, 1.165) is 25.8 Å². The van der Waals surface area contributed by atoms with E-state index in [2.05, 4.69) is 4.90 Å². The van der Waals surface area contributed by atoms with Gasteiger partial charge in [-0.3, -0.25) is 9.69 Å². The van der Waals surface area contributed by atoms with Gasteiger partial charge < -0.3 is 14.4 Å². The minimum absolute atomic E-state index is 0.0186. The maximum atomic E-state index is 12.3. The van der Waals surface area contributed by atoms with Crippen LogP contribution in [-0.2, 0) is 0 Å². The van der Waals surface area contributed by atoms with Crippen LogP contribution in [0.4, 0.5) is 0 Å². The molecule has 1 N–H and O–H groups in total. The van der Waals surface area contributed by atoms with Gasteiger partial charge in [-0.05, 0) is 32.4 Å². The Labute approximate surface area is 123 Å². The van der Waals surface area contributed by atoms with Crippen LogP contribution < -0.4 is 0 Å². The lowest BCUT2D eigenvalue weighted by molar-refractivity contribution is 0.0694. The number of hydrogen-bond donors (Lipinski definition) is 1. The van der Waals surface area contributed by atoms with Crippen LogP contribution in [0, 0.1) is 0 Å². The zero-order chi connectivity index (χ0) is 14.8. The van der Waals surface area contributed by atoms with Gasteiger partial charge >= 0.3 is 5.97 Å². The predicted octanol–water partition coefficient (Wildman–Crippen LogP) is 1.68. The van der Waals surface area contributed by atoms with Gasteiger partial charge in [-0.25, -0.2) is 4.79 Å². The molecule has 1 amide bonds. The number of furan rings is 1. The second-order valence-electron chi connectivity index (χ2n) is 5.80. The Hall–Kier alpha value is -1.82. The molecular weight excluding hydrogens is 272 g/mol. The maximum Gasteiger partial charge on any atom is 0.338 e. The molecule has 2 saturated heterocycles. The van der Waals surface area contributed by atoms with E-state index in [0.29, 0.717) is 19.1 Å². The first-order chi connectivity index (χ1) is 10.1. The van der Waals surface area contributed by atoms with Crippen molar-refractivity contribution in [3.8, 4) is 0 Å². The highest BCUT2D eigenvalue weighted by Crippen LogP contribution is 2.22. The van der Waals surface area contributed by atoms with Crippen LogP contribution in [0.3, 0.4) is 0 Å². The number of likely N-dealkylation sites (tertiary alicyclic amines) is 2. The molecule has 1 aromatic heterocycles. The normalized spacial score (nSPS) is 23.4. The van der Waals surface area contributed by atoms with Crippen LogP contribution in [0.5, 0.6) is 0 Å². The fourth-order valence-electron chi connectivity index (χ4n) is 3.22. The molecule has 2 fully saturated rings. The van der Waals surface area contributed by atoms with Crippen molar-refractivity contribution in [1.29, 1.82) is 0 Å². The molecule has 114 valence electrons. The van der Waals surface area contributed by atoms with Crippen LogP contribution >= 0.6 is 0 Å². The summed E-state index contributed by atoms with van der Waals surface area (Å²) in [6.07, 6.45) is 5.89. The lowest BCUT2D eigenvalue weighted by Gasteiger charge is -2.32. The van der Waals surface area contributed by atoms with Gasteiger partial charge in [0, 0.05) is 25.2 Å². The first-order valence-electron chi connectivity index (χ1n) is 7.50. The average Bonchev–Trinajstić information content (AvgIpc) is 3.17. The number of nitrogens with zero attached hydrogens (tertiary/aromatic N) is 2. The van der Waals surface area contributed by atoms with Crippen molar-refractivity contribution in [3.05, 3.63) is 23.7 Å². The number of carboxylic acid groups (broad SMARTS) is 1. The van der Waals surface area contributed by atoms with Crippen molar-refractivity contribution in [2.45, 2.75) is 31.7 Å². The smallest absolute Gasteiger partial charge is 0.338 e. The number of rotatable bonds is 3. The molecule has 3 rings (SSSR count). The van der Waals surface area contributed by atoms with Crippen LogP contribution in [0.25, 0.3) is 0 Å². The van der Waals surface area contributed by atoms with Crippen molar-refractivity contribution in [2.75, 3.05) is 26.2 Å². The van der Waals surface area contributed by atoms with Crippen LogP contribution in [-0.4, -0.2) is 59.0 Å². The third-order valence-electron chi connectivity index (χ3n) is 4.41. The summed E-state index contributed by atoms with van der Waals surface area (Å²) in [5.74, 6) is -1.17. The monoisotopic (exact) mass is 292 g/mol. The van der Waals surface area contributed by atoms with E-state index < -0.39 is 5.97 Å². The lowest BCUT2D eigenvalue weighted by atomic mass is 10.1. The van der Waals surface area contributed by atoms with Gasteiger partial charge in [0.1, 0.15) is 6.26 Å². The SMILES string of the molecule is O=C(O)c1coc(C(=O)N2CCC(N3CCCCC3)C2)c1. The van der Waals surface area contributed by atoms with E-state index >= 15 is 0 Å². The van der Waals surface area contributed by atoms with Crippen molar-refractivity contribution >= 4 is 11.9 Å². The van der Waals surface area contributed by atoms with Gasteiger partial charge in [0.15, 0.2) is 5.76 Å². The van der Waals surface area contributed by atoms with Gasteiger partial charge in [-0.1, -0.05) is 6.42 Å². The molecule has 0 aromatic carbocycles. The Morgan fingerprint density at radius 3 is 2.62 bits per heavy atom. The summed E-state index contributed by atoms with van der Waals surface area (Å²) in [4.78, 5) is 27.4. The summed E-state index contributed by atoms with van der Waals surface area (Å²) < 4.78 is 5.10. The Morgan fingerprint density at radius 1 is 1.19 bits per heavy atom. The van der Waals surface area contributed by atoms with E-state index in [-0.39, 0.29) is 17.2 Å². The molecule has 3 heterocycles. The molecule has 1 aromatic rings. The number of amides is 1. The lowest BCUT2D eigenvalue weighted by Crippen LogP contribution is -2.41. The van der Waals surface area contributed by atoms with Crippen molar-refractivity contribution in [2.24, 2.45) is 0 Å². The van der Waals surface area contributed by atoms with Gasteiger partial charge in [-0.2, -0.15) is 0 Å². The number of carboxylic acids is 1. The molecule has 1 unspecified atom stereocenters. The van der Waals surface area contributed by atoms with Crippen LogP contribution in [0.2, 0.25) is 0 Å². The molecule has 0 saturated carbocycles. The van der Waals surface area contributed by atoms with Crippen molar-refractivity contribution < 1.29 is 19.1 Å². The molecule has 2 aliphatic heterocycles. The molecule has 6 nitrogen and oxygen atoms in total. The summed E-state index contributed by atoms with van der Waals surface area (Å²) in [5.41, 5.74) is 0.0186. The number of piperidine rings is 1. The largest absolute Gasteiger partial charge is 0.478 e. The summed E-state index contributed by atoms with van der Waals surface area (Å²) in [5, 5.41) is 8.87. The zero-order valence-electron chi connectivity index (χ0n) is 12.0. The summed E-state index contributed by atoms with van der Waals surface area (Å²) in [7, 11) is 0. The van der Waals surface area contributed by atoms with Gasteiger partial charge in [0.05, 0.1) is 5.56 Å². The minimum Gasteiger partial charge on any atom is -0.478 e. The number of aromatic carboxylic acids is 1. The van der Waals surface area contributed by atoms with E-state index in [1.54, 1.807) is 4.90 Å². The summed E-state index contributed by atoms with van der Waals surface area (Å²) >= 11 is 0. The molecule has 6 heteroatoms. The van der Waals surface area contributed by atoms with Gasteiger partial charge in [0.2, 0.25) is 0 Å². The minimum atomic E-state index is -1.08. The van der Waals surface area contributed by atoms with E-state index in [9.17, 15) is 9.59 Å². The highest BCUT2D eigenvalue weighted by Gasteiger charge is 2.32. The van der Waals surface area contributed by atoms with Crippen molar-refractivity contribution in [1.82, 2.24) is 9.80 Å². The van der Waals surface area contributed by atoms with Gasteiger partial charge in [0.25, 0.3) is 5.91 Å². The number of hydrogen-bond acceptors (Lipinski definition) is 4. The molecule has 0 radical (unpaired) electrons. The summed E-state index contributed by atoms with van der Waals surface area (Å²) in [6.45, 7) is 3.66. The molecule has 21 heavy (non-hydrogen) atoms. The maximum absolute atomic E-state index is 12.3. The number of carbonyl (C=O) groups excluding carboxylic acids is 1. The fourth-order valence-corrected chi connectivity index (χ4v) is 3.22. The standard InChI is InChI=1S/C15H20N2O4/c18-14(13-8-11(10-21-13)15(19)20)17-7-4-12(9-17)16-5-2-1-3-6-16/h8,10,12H,1-7,9H2,(H,19,20). The van der Waals surface area contributed by atoms with E-state index in [1.807, 2.05) is 0 Å². The van der Waals surface area contributed by atoms with Crippen LogP contribution in [0.15, 0.2) is 16.7 Å². The zero-order valence-corrected chi connectivity index (χ0v) is 12.0. The quantitative estimate of drug-likeness (QED) is 0.917. The highest BCUT2D eigenvalue weighted by atomic mass is 16.4. The predicted molar refractivity (Wildman–Crippen MR) is 75.4 cm³/mol. The molecule has 1 atom stereocenters. The third kappa shape index (κ3) is 2.95. The fraction of sp³-hybridized carbons (Fsp3) is 0.600. The molecule has 2 aliphatic rings. The Morgan fingerprint density at radius 2 is 1.95 bits per heavy atom. The Bertz CT molecular complexity index is 534. The van der Waals surface area contributed by atoms with Crippen molar-refractivity contribution in [3.63, 3.8) is 0 Å². The topological polar surface area (TPSA) is 74.0 Å². The Balaban J connectivity index is 1.62. The first-order valence-corrected chi connectivity index (χ1v) is 7.50. The second kappa shape index (κ2) is 5.89. The molecular formula is C15H20N2O4. The average molecular weight is 292 g/mol.